The summed E-state index contributed by atoms with van der Waals surface area (Å²) in [5.74, 6) is 0. The van der Waals surface area contributed by atoms with E-state index in [0.29, 0.717) is 6.54 Å². The van der Waals surface area contributed by atoms with E-state index in [1.807, 2.05) is 6.92 Å². The van der Waals surface area contributed by atoms with Crippen molar-refractivity contribution in [2.24, 2.45) is 0 Å². The predicted octanol–water partition coefficient (Wildman–Crippen LogP) is 0.997. The van der Waals surface area contributed by atoms with Crippen molar-refractivity contribution in [1.82, 2.24) is 5.09 Å². The second-order valence-electron chi connectivity index (χ2n) is 1.37. The van der Waals surface area contributed by atoms with Crippen LogP contribution in [-0.4, -0.2) is 20.8 Å². The molecular weight excluding hydrogens is 141 g/mol. The van der Waals surface area contributed by atoms with Gasteiger partial charge in [-0.1, -0.05) is 6.92 Å². The highest BCUT2D eigenvalue weighted by atomic mass is 31.2. The molecule has 0 saturated heterocycles. The first kappa shape index (κ1) is 9.11. The molecule has 0 aromatic rings. The van der Waals surface area contributed by atoms with Gasteiger partial charge in [0.05, 0.1) is 0 Å². The predicted molar refractivity (Wildman–Crippen MR) is 35.3 cm³/mol. The summed E-state index contributed by atoms with van der Waals surface area (Å²) in [4.78, 5) is 0. The van der Waals surface area contributed by atoms with Gasteiger partial charge in [-0.2, -0.15) is 0 Å². The van der Waals surface area contributed by atoms with Gasteiger partial charge in [-0.25, -0.2) is 9.65 Å². The summed E-state index contributed by atoms with van der Waals surface area (Å²) in [5, 5.41) is 2.57. The normalized spacial score (nSPS) is 11.9. The van der Waals surface area contributed by atoms with Crippen LogP contribution >= 0.6 is 7.75 Å². The Labute approximate surface area is 55.1 Å². The van der Waals surface area contributed by atoms with Crippen LogP contribution in [0.4, 0.5) is 0 Å². The van der Waals surface area contributed by atoms with E-state index in [2.05, 4.69) is 14.1 Å². The van der Waals surface area contributed by atoms with Crippen LogP contribution in [0.25, 0.3) is 0 Å². The Morgan fingerprint density at radius 1 is 1.44 bits per heavy atom. The number of hydrogen-bond acceptors (Lipinski definition) is 3. The molecule has 0 spiro atoms. The lowest BCUT2D eigenvalue weighted by Crippen LogP contribution is -2.11. The van der Waals surface area contributed by atoms with Crippen molar-refractivity contribution >= 4 is 7.75 Å². The van der Waals surface area contributed by atoms with Crippen LogP contribution in [0.15, 0.2) is 0 Å². The second kappa shape index (κ2) is 4.01. The van der Waals surface area contributed by atoms with Gasteiger partial charge in [0.2, 0.25) is 0 Å². The third kappa shape index (κ3) is 2.96. The molecule has 0 amide bonds. The first-order valence-electron chi connectivity index (χ1n) is 2.65. The minimum atomic E-state index is -2.93. The molecule has 9 heavy (non-hydrogen) atoms. The van der Waals surface area contributed by atoms with E-state index in [-0.39, 0.29) is 0 Å². The number of hydrogen-bond donors (Lipinski definition) is 1. The molecule has 0 fully saturated rings. The Morgan fingerprint density at radius 3 is 2.00 bits per heavy atom. The zero-order valence-corrected chi connectivity index (χ0v) is 6.77. The molecule has 4 nitrogen and oxygen atoms in total. The van der Waals surface area contributed by atoms with Gasteiger partial charge in [0.1, 0.15) is 0 Å². The van der Waals surface area contributed by atoms with E-state index in [1.54, 1.807) is 0 Å². The highest BCUT2D eigenvalue weighted by molar-refractivity contribution is 7.51. The Bertz CT molecular complexity index is 108. The molecule has 0 aromatic carbocycles. The van der Waals surface area contributed by atoms with E-state index in [1.165, 1.54) is 14.2 Å². The molecule has 0 bridgehead atoms. The third-order valence-electron chi connectivity index (χ3n) is 0.832. The van der Waals surface area contributed by atoms with Crippen molar-refractivity contribution in [3.63, 3.8) is 0 Å². The van der Waals surface area contributed by atoms with Crippen molar-refractivity contribution < 1.29 is 13.6 Å². The van der Waals surface area contributed by atoms with Crippen LogP contribution in [0.1, 0.15) is 6.92 Å². The van der Waals surface area contributed by atoms with Gasteiger partial charge < -0.3 is 9.05 Å². The lowest BCUT2D eigenvalue weighted by Gasteiger charge is -2.12. The molecule has 5 heteroatoms. The lowest BCUT2D eigenvalue weighted by molar-refractivity contribution is 0.265. The Hall–Kier alpha value is 0.110. The van der Waals surface area contributed by atoms with Gasteiger partial charge in [-0.05, 0) is 0 Å². The van der Waals surface area contributed by atoms with Gasteiger partial charge in [-0.15, -0.1) is 0 Å². The van der Waals surface area contributed by atoms with Gasteiger partial charge >= 0.3 is 7.75 Å². The average Bonchev–Trinajstić information content (AvgIpc) is 1.89. The molecule has 56 valence electrons. The molecule has 0 aliphatic carbocycles. The van der Waals surface area contributed by atoms with Crippen molar-refractivity contribution in [1.29, 1.82) is 0 Å². The Morgan fingerprint density at radius 2 is 1.89 bits per heavy atom. The number of nitrogens with one attached hydrogen (secondary N) is 1. The first-order valence-corrected chi connectivity index (χ1v) is 4.19. The molecule has 0 rings (SSSR count). The summed E-state index contributed by atoms with van der Waals surface area (Å²) in [6.45, 7) is 2.39. The van der Waals surface area contributed by atoms with Gasteiger partial charge in [-0.3, -0.25) is 0 Å². The molecule has 0 radical (unpaired) electrons. The Kier molecular flexibility index (Phi) is 4.06. The van der Waals surface area contributed by atoms with E-state index >= 15 is 0 Å². The van der Waals surface area contributed by atoms with Crippen molar-refractivity contribution in [2.45, 2.75) is 6.92 Å². The topological polar surface area (TPSA) is 47.6 Å². The zero-order chi connectivity index (χ0) is 7.33. The van der Waals surface area contributed by atoms with Crippen molar-refractivity contribution in [3.05, 3.63) is 0 Å². The molecule has 0 unspecified atom stereocenters. The van der Waals surface area contributed by atoms with E-state index in [0.717, 1.165) is 0 Å². The summed E-state index contributed by atoms with van der Waals surface area (Å²) >= 11 is 0. The van der Waals surface area contributed by atoms with Crippen LogP contribution in [0.2, 0.25) is 0 Å². The fraction of sp³-hybridized carbons (Fsp3) is 1.00. The maximum absolute atomic E-state index is 11.0. The van der Waals surface area contributed by atoms with Crippen LogP contribution in [0.3, 0.4) is 0 Å². The zero-order valence-electron chi connectivity index (χ0n) is 5.88. The van der Waals surface area contributed by atoms with Crippen molar-refractivity contribution in [3.8, 4) is 0 Å². The second-order valence-corrected chi connectivity index (χ2v) is 3.42. The van der Waals surface area contributed by atoms with Gasteiger partial charge in [0.25, 0.3) is 0 Å². The maximum atomic E-state index is 11.0. The Balaban J connectivity index is 3.78. The maximum Gasteiger partial charge on any atom is 0.404 e. The molecule has 0 saturated carbocycles. The highest BCUT2D eigenvalue weighted by Gasteiger charge is 2.17. The number of rotatable bonds is 4. The third-order valence-corrected chi connectivity index (χ3v) is 2.50. The van der Waals surface area contributed by atoms with Crippen LogP contribution in [-0.2, 0) is 13.6 Å². The van der Waals surface area contributed by atoms with E-state index < -0.39 is 7.75 Å². The quantitative estimate of drug-likeness (QED) is 0.612. The summed E-state index contributed by atoms with van der Waals surface area (Å²) in [5.41, 5.74) is 0. The van der Waals surface area contributed by atoms with Gasteiger partial charge in [0.15, 0.2) is 0 Å². The average molecular weight is 153 g/mol. The summed E-state index contributed by atoms with van der Waals surface area (Å²) < 4.78 is 20.1. The molecule has 0 aromatic heterocycles. The summed E-state index contributed by atoms with van der Waals surface area (Å²) in [6, 6.07) is 0. The van der Waals surface area contributed by atoms with Crippen LogP contribution in [0, 0.1) is 0 Å². The lowest BCUT2D eigenvalue weighted by atomic mass is 10.8. The van der Waals surface area contributed by atoms with Crippen molar-refractivity contribution in [2.75, 3.05) is 20.8 Å². The fourth-order valence-corrected chi connectivity index (χ4v) is 1.19. The highest BCUT2D eigenvalue weighted by Crippen LogP contribution is 2.40. The summed E-state index contributed by atoms with van der Waals surface area (Å²) in [6.07, 6.45) is 0. The summed E-state index contributed by atoms with van der Waals surface area (Å²) in [7, 11) is -0.251. The first-order chi connectivity index (χ1) is 4.18. The smallest absolute Gasteiger partial charge is 0.300 e. The largest absolute Gasteiger partial charge is 0.404 e. The van der Waals surface area contributed by atoms with E-state index in [4.69, 9.17) is 0 Å². The van der Waals surface area contributed by atoms with Crippen LogP contribution in [0.5, 0.6) is 0 Å². The fourth-order valence-electron chi connectivity index (χ4n) is 0.397. The minimum absolute atomic E-state index is 0.568. The minimum Gasteiger partial charge on any atom is -0.300 e. The molecule has 0 aliphatic heterocycles. The molecule has 1 N–H and O–H groups in total. The van der Waals surface area contributed by atoms with Crippen LogP contribution < -0.4 is 5.09 Å². The van der Waals surface area contributed by atoms with Gasteiger partial charge in [0, 0.05) is 20.8 Å². The standard InChI is InChI=1S/C4H12NO3P/c1-4-5-9(6,7-2)8-3/h4H2,1-3H3,(H,5,6). The molecular formula is C4H12NO3P. The molecule has 0 atom stereocenters. The monoisotopic (exact) mass is 153 g/mol. The van der Waals surface area contributed by atoms with E-state index in [9.17, 15) is 4.57 Å². The SMILES string of the molecule is CCNP(=O)(OC)OC. The molecule has 0 aliphatic rings. The molecule has 0 heterocycles.